The van der Waals surface area contributed by atoms with Gasteiger partial charge in [-0.25, -0.2) is 9.97 Å². The van der Waals surface area contributed by atoms with Crippen molar-refractivity contribution in [1.82, 2.24) is 29.7 Å². The van der Waals surface area contributed by atoms with Crippen molar-refractivity contribution in [3.63, 3.8) is 0 Å². The Bertz CT molecular complexity index is 1560. The lowest BCUT2D eigenvalue weighted by Crippen LogP contribution is -2.15. The second-order valence-electron chi connectivity index (χ2n) is 10.2. The van der Waals surface area contributed by atoms with Crippen LogP contribution >= 0.6 is 15.9 Å². The number of hydrogen-bond acceptors (Lipinski definition) is 6. The molecule has 204 valence electrons. The Morgan fingerprint density at radius 2 is 1.23 bits per heavy atom. The molecule has 0 bridgehead atoms. The molecule has 0 amide bonds. The van der Waals surface area contributed by atoms with Crippen LogP contribution in [-0.4, -0.2) is 84.2 Å². The van der Waals surface area contributed by atoms with Crippen molar-refractivity contribution in [2.45, 2.75) is 12.8 Å². The number of hydrogen-bond donors (Lipinski definition) is 2. The highest BCUT2D eigenvalue weighted by Crippen LogP contribution is 2.33. The molecule has 5 rings (SSSR count). The summed E-state index contributed by atoms with van der Waals surface area (Å²) in [6.45, 7) is 3.37. The summed E-state index contributed by atoms with van der Waals surface area (Å²) in [5.74, 6) is 3.30. The van der Waals surface area contributed by atoms with Gasteiger partial charge in [-0.05, 0) is 77.4 Å². The number of H-pyrrole nitrogens is 2. The average Bonchev–Trinajstić information content (AvgIpc) is 3.52. The summed E-state index contributed by atoms with van der Waals surface area (Å²) in [4.78, 5) is 20.8. The van der Waals surface area contributed by atoms with Crippen molar-refractivity contribution in [2.24, 2.45) is 0 Å². The van der Waals surface area contributed by atoms with Gasteiger partial charge in [-0.15, -0.1) is 0 Å². The summed E-state index contributed by atoms with van der Waals surface area (Å²) >= 11 is 3.75. The Labute approximate surface area is 237 Å². The molecule has 0 aliphatic heterocycles. The first kappa shape index (κ1) is 27.2. The van der Waals surface area contributed by atoms with Crippen LogP contribution in [-0.2, 0) is 0 Å². The SMILES string of the molecule is CN(C)CCCOc1ccc2nc(-c3ccc(-c4nc5ccc(OCCCN(C)C)cc5[nH]4)c(Br)c3)[nH]c2c1. The van der Waals surface area contributed by atoms with Gasteiger partial charge in [0.05, 0.1) is 35.3 Å². The Balaban J connectivity index is 1.30. The molecule has 5 aromatic rings. The molecule has 0 atom stereocenters. The van der Waals surface area contributed by atoms with Gasteiger partial charge in [0.25, 0.3) is 0 Å². The molecule has 8 nitrogen and oxygen atoms in total. The predicted octanol–water partition coefficient (Wildman–Crippen LogP) is 6.20. The van der Waals surface area contributed by atoms with Crippen LogP contribution in [0, 0.1) is 0 Å². The van der Waals surface area contributed by atoms with Gasteiger partial charge < -0.3 is 29.2 Å². The number of nitrogens with zero attached hydrogens (tertiary/aromatic N) is 4. The molecule has 0 radical (unpaired) electrons. The third kappa shape index (κ3) is 6.79. The van der Waals surface area contributed by atoms with E-state index in [9.17, 15) is 0 Å². The summed E-state index contributed by atoms with van der Waals surface area (Å²) in [6, 6.07) is 18.1. The molecular weight excluding hydrogens is 556 g/mol. The number of halogens is 1. The maximum absolute atomic E-state index is 5.93. The van der Waals surface area contributed by atoms with Crippen molar-refractivity contribution in [3.05, 3.63) is 59.1 Å². The third-order valence-corrected chi connectivity index (χ3v) is 7.10. The molecule has 0 unspecified atom stereocenters. The lowest BCUT2D eigenvalue weighted by Gasteiger charge is -2.10. The topological polar surface area (TPSA) is 82.3 Å². The zero-order valence-corrected chi connectivity index (χ0v) is 24.5. The largest absolute Gasteiger partial charge is 0.493 e. The summed E-state index contributed by atoms with van der Waals surface area (Å²) in [7, 11) is 8.28. The summed E-state index contributed by atoms with van der Waals surface area (Å²) in [6.07, 6.45) is 1.96. The van der Waals surface area contributed by atoms with Crippen LogP contribution < -0.4 is 9.47 Å². The molecule has 2 aromatic heterocycles. The number of nitrogens with one attached hydrogen (secondary N) is 2. The fourth-order valence-corrected chi connectivity index (χ4v) is 4.98. The molecular formula is C30H35BrN6O2. The van der Waals surface area contributed by atoms with E-state index in [2.05, 4.69) is 82.1 Å². The van der Waals surface area contributed by atoms with Crippen LogP contribution in [0.15, 0.2) is 59.1 Å². The number of aromatic nitrogens is 4. The highest BCUT2D eigenvalue weighted by atomic mass is 79.9. The van der Waals surface area contributed by atoms with Gasteiger partial charge >= 0.3 is 0 Å². The Morgan fingerprint density at radius 3 is 1.77 bits per heavy atom. The van der Waals surface area contributed by atoms with E-state index in [1.54, 1.807) is 0 Å². The van der Waals surface area contributed by atoms with Gasteiger partial charge in [0.2, 0.25) is 0 Å². The standard InChI is InChI=1S/C30H35BrN6O2/c1-36(2)13-5-15-38-21-8-11-25-27(18-21)34-29(32-25)20-7-10-23(24(31)17-20)30-33-26-12-9-22(19-28(26)35-30)39-16-6-14-37(3)4/h7-12,17-19H,5-6,13-16H2,1-4H3,(H,32,34)(H,33,35). The molecule has 9 heteroatoms. The zero-order valence-electron chi connectivity index (χ0n) is 22.9. The van der Waals surface area contributed by atoms with Crippen molar-refractivity contribution < 1.29 is 9.47 Å². The maximum atomic E-state index is 5.93. The van der Waals surface area contributed by atoms with Crippen molar-refractivity contribution in [1.29, 1.82) is 0 Å². The van der Waals surface area contributed by atoms with Crippen molar-refractivity contribution >= 4 is 38.0 Å². The minimum absolute atomic E-state index is 0.685. The smallest absolute Gasteiger partial charge is 0.139 e. The lowest BCUT2D eigenvalue weighted by atomic mass is 10.1. The number of rotatable bonds is 12. The molecule has 0 aliphatic carbocycles. The number of imidazole rings is 2. The Kier molecular flexibility index (Phi) is 8.50. The van der Waals surface area contributed by atoms with Gasteiger partial charge in [-0.3, -0.25) is 0 Å². The highest BCUT2D eigenvalue weighted by molar-refractivity contribution is 9.10. The van der Waals surface area contributed by atoms with E-state index in [1.165, 1.54) is 0 Å². The van der Waals surface area contributed by atoms with Gasteiger partial charge in [-0.1, -0.05) is 22.0 Å². The highest BCUT2D eigenvalue weighted by Gasteiger charge is 2.13. The summed E-state index contributed by atoms with van der Waals surface area (Å²) in [5, 5.41) is 0. The number of benzene rings is 3. The first-order valence-electron chi connectivity index (χ1n) is 13.2. The number of fused-ring (bicyclic) bond motifs is 2. The second kappa shape index (κ2) is 12.2. The normalized spacial score (nSPS) is 11.8. The van der Waals surface area contributed by atoms with E-state index >= 15 is 0 Å². The van der Waals surface area contributed by atoms with E-state index in [4.69, 9.17) is 19.4 Å². The first-order chi connectivity index (χ1) is 18.9. The quantitative estimate of drug-likeness (QED) is 0.168. The zero-order chi connectivity index (χ0) is 27.4. The monoisotopic (exact) mass is 590 g/mol. The van der Waals surface area contributed by atoms with Crippen molar-refractivity contribution in [2.75, 3.05) is 54.5 Å². The Hall–Kier alpha value is -3.40. The maximum Gasteiger partial charge on any atom is 0.139 e. The minimum Gasteiger partial charge on any atom is -0.493 e. The molecule has 39 heavy (non-hydrogen) atoms. The fourth-order valence-electron chi connectivity index (χ4n) is 4.42. The van der Waals surface area contributed by atoms with E-state index in [1.807, 2.05) is 36.4 Å². The lowest BCUT2D eigenvalue weighted by molar-refractivity contribution is 0.282. The van der Waals surface area contributed by atoms with Gasteiger partial charge in [0.15, 0.2) is 0 Å². The van der Waals surface area contributed by atoms with E-state index in [0.717, 1.165) is 86.7 Å². The molecule has 0 saturated heterocycles. The van der Waals surface area contributed by atoms with Crippen LogP contribution in [0.25, 0.3) is 44.8 Å². The first-order valence-corrected chi connectivity index (χ1v) is 14.0. The molecule has 0 aliphatic rings. The Morgan fingerprint density at radius 1 is 0.692 bits per heavy atom. The van der Waals surface area contributed by atoms with Crippen LogP contribution in [0.4, 0.5) is 0 Å². The molecule has 2 heterocycles. The molecule has 3 aromatic carbocycles. The van der Waals surface area contributed by atoms with Crippen molar-refractivity contribution in [3.8, 4) is 34.3 Å². The molecule has 0 fully saturated rings. The van der Waals surface area contributed by atoms with Gasteiger partial charge in [-0.2, -0.15) is 0 Å². The molecule has 0 saturated carbocycles. The van der Waals surface area contributed by atoms with E-state index in [-0.39, 0.29) is 0 Å². The average molecular weight is 592 g/mol. The molecule has 0 spiro atoms. The summed E-state index contributed by atoms with van der Waals surface area (Å²) < 4.78 is 12.8. The van der Waals surface area contributed by atoms with E-state index < -0.39 is 0 Å². The van der Waals surface area contributed by atoms with Gasteiger partial charge in [0, 0.05) is 40.8 Å². The summed E-state index contributed by atoms with van der Waals surface area (Å²) in [5.41, 5.74) is 5.67. The second-order valence-corrected chi connectivity index (χ2v) is 11.1. The van der Waals surface area contributed by atoms with Crippen LogP contribution in [0.5, 0.6) is 11.5 Å². The van der Waals surface area contributed by atoms with Crippen LogP contribution in [0.2, 0.25) is 0 Å². The van der Waals surface area contributed by atoms with Crippen LogP contribution in [0.1, 0.15) is 12.8 Å². The number of ether oxygens (including phenoxy) is 2. The van der Waals surface area contributed by atoms with Gasteiger partial charge in [0.1, 0.15) is 23.1 Å². The number of aromatic amines is 2. The molecule has 2 N–H and O–H groups in total. The predicted molar refractivity (Wildman–Crippen MR) is 162 cm³/mol. The fraction of sp³-hybridized carbons (Fsp3) is 0.333. The van der Waals surface area contributed by atoms with E-state index in [0.29, 0.717) is 13.2 Å². The van der Waals surface area contributed by atoms with Crippen LogP contribution in [0.3, 0.4) is 0 Å². The third-order valence-electron chi connectivity index (χ3n) is 6.44. The minimum atomic E-state index is 0.685.